The van der Waals surface area contributed by atoms with Gasteiger partial charge in [0.2, 0.25) is 47.3 Å². The highest BCUT2D eigenvalue weighted by Gasteiger charge is 2.46. The number of hydrogen-bond acceptors (Lipinski definition) is 11. The van der Waals surface area contributed by atoms with Crippen LogP contribution in [0.5, 0.6) is 0 Å². The van der Waals surface area contributed by atoms with Gasteiger partial charge in [-0.2, -0.15) is 0 Å². The zero-order valence-electron chi connectivity index (χ0n) is 49.0. The van der Waals surface area contributed by atoms with E-state index in [1.54, 1.807) is 34.6 Å². The highest BCUT2D eigenvalue weighted by Crippen LogP contribution is 2.27. The van der Waals surface area contributed by atoms with Crippen LogP contribution in [0.15, 0.2) is 0 Å². The summed E-state index contributed by atoms with van der Waals surface area (Å²) in [6.07, 6.45) is 2.25. The zero-order chi connectivity index (χ0) is 57.8. The minimum absolute atomic E-state index is 0.0295. The highest BCUT2D eigenvalue weighted by atomic mass is 16.5. The van der Waals surface area contributed by atoms with E-state index in [1.807, 2.05) is 62.3 Å². The van der Waals surface area contributed by atoms with Gasteiger partial charge >= 0.3 is 11.9 Å². The fourth-order valence-electron chi connectivity index (χ4n) is 9.34. The number of likely N-dealkylation sites (N-methyl/N-ethyl adjacent to an activating group) is 5. The molecule has 0 aliphatic heterocycles. The van der Waals surface area contributed by atoms with Gasteiger partial charge in [-0.1, -0.05) is 129 Å². The Balaban J connectivity index is 7.22. The number of aliphatic carboxylic acids is 1. The number of carbonyl (C=O) groups is 10. The Hall–Kier alpha value is -5.30. The van der Waals surface area contributed by atoms with Crippen molar-refractivity contribution in [2.45, 2.75) is 204 Å². The van der Waals surface area contributed by atoms with Gasteiger partial charge in [-0.05, 0) is 54.3 Å². The number of carbonyl (C=O) groups excluding carboxylic acids is 9. The van der Waals surface area contributed by atoms with Crippen LogP contribution in [0.1, 0.15) is 155 Å². The van der Waals surface area contributed by atoms with E-state index in [2.05, 4.69) is 16.0 Å². The lowest BCUT2D eigenvalue weighted by molar-refractivity contribution is -0.159. The summed E-state index contributed by atoms with van der Waals surface area (Å²) in [5, 5.41) is 18.4. The maximum Gasteiger partial charge on any atom is 0.326 e. The van der Waals surface area contributed by atoms with Gasteiger partial charge in [0.1, 0.15) is 48.3 Å². The molecular weight excluding hydrogens is 953 g/mol. The van der Waals surface area contributed by atoms with E-state index in [9.17, 15) is 53.1 Å². The van der Waals surface area contributed by atoms with Crippen LogP contribution in [-0.4, -0.2) is 179 Å². The van der Waals surface area contributed by atoms with Crippen LogP contribution in [0, 0.1) is 41.4 Å². The van der Waals surface area contributed by atoms with Gasteiger partial charge in [-0.3, -0.25) is 43.2 Å². The van der Waals surface area contributed by atoms with Crippen LogP contribution >= 0.6 is 0 Å². The second-order valence-electron chi connectivity index (χ2n) is 21.5. The second-order valence-corrected chi connectivity index (χ2v) is 21.5. The number of hydrogen-bond donors (Lipinski definition) is 4. The fourth-order valence-corrected chi connectivity index (χ4v) is 9.34. The Kier molecular flexibility index (Phi) is 29.9. The predicted molar refractivity (Wildman–Crippen MR) is 285 cm³/mol. The molecule has 0 rings (SSSR count). The van der Waals surface area contributed by atoms with E-state index >= 15 is 0 Å². The molecule has 0 bridgehead atoms. The van der Waals surface area contributed by atoms with Crippen LogP contribution in [0.2, 0.25) is 0 Å². The number of rotatable bonds is 32. The van der Waals surface area contributed by atoms with Crippen molar-refractivity contribution < 1.29 is 57.8 Å². The molecule has 13 atom stereocenters. The summed E-state index contributed by atoms with van der Waals surface area (Å²) in [6, 6.07) is -9.00. The molecule has 0 aliphatic carbocycles. The minimum atomic E-state index is -1.17. The molecule has 0 aromatic rings. The molecule has 0 aromatic heterocycles. The maximum absolute atomic E-state index is 15.0. The molecule has 4 N–H and O–H groups in total. The van der Waals surface area contributed by atoms with Crippen LogP contribution < -0.4 is 16.0 Å². The lowest BCUT2D eigenvalue weighted by Gasteiger charge is -2.42. The third-order valence-electron chi connectivity index (χ3n) is 15.2. The summed E-state index contributed by atoms with van der Waals surface area (Å²) in [7, 11) is 8.60. The number of nitrogens with zero attached hydrogens (tertiary/aromatic N) is 5. The van der Waals surface area contributed by atoms with Gasteiger partial charge in [0, 0.05) is 48.6 Å². The number of methoxy groups -OCH3 is 1. The van der Waals surface area contributed by atoms with E-state index in [-0.39, 0.29) is 31.1 Å². The van der Waals surface area contributed by atoms with Gasteiger partial charge in [-0.25, -0.2) is 4.79 Å². The van der Waals surface area contributed by atoms with Crippen molar-refractivity contribution in [3.05, 3.63) is 0 Å². The molecule has 20 nitrogen and oxygen atoms in total. The monoisotopic (exact) mass is 1050 g/mol. The molecular formula is C54H98N8O12. The zero-order valence-corrected chi connectivity index (χ0v) is 49.0. The lowest BCUT2D eigenvalue weighted by Crippen LogP contribution is -2.64. The molecule has 20 heteroatoms. The highest BCUT2D eigenvalue weighted by molar-refractivity contribution is 5.98. The van der Waals surface area contributed by atoms with Crippen molar-refractivity contribution in [1.82, 2.24) is 40.4 Å². The Morgan fingerprint density at radius 2 is 0.824 bits per heavy atom. The summed E-state index contributed by atoms with van der Waals surface area (Å²) in [5.41, 5.74) is 0. The average molecular weight is 1050 g/mol. The smallest absolute Gasteiger partial charge is 0.326 e. The third kappa shape index (κ3) is 18.8. The number of amides is 8. The van der Waals surface area contributed by atoms with Crippen molar-refractivity contribution in [2.24, 2.45) is 41.4 Å². The quantitative estimate of drug-likeness (QED) is 0.0677. The Labute approximate surface area is 443 Å². The van der Waals surface area contributed by atoms with Crippen LogP contribution in [0.3, 0.4) is 0 Å². The molecule has 0 saturated heterocycles. The molecule has 8 amide bonds. The van der Waals surface area contributed by atoms with Crippen LogP contribution in [0.4, 0.5) is 0 Å². The van der Waals surface area contributed by atoms with Gasteiger partial charge in [0.15, 0.2) is 0 Å². The minimum Gasteiger partial charge on any atom is -0.480 e. The van der Waals surface area contributed by atoms with Crippen molar-refractivity contribution in [3.8, 4) is 0 Å². The maximum atomic E-state index is 15.0. The molecule has 0 fully saturated rings. The first kappa shape index (κ1) is 68.7. The normalized spacial score (nSPS) is 16.7. The molecule has 0 spiro atoms. The van der Waals surface area contributed by atoms with Gasteiger partial charge < -0.3 is 50.3 Å². The van der Waals surface area contributed by atoms with Crippen LogP contribution in [0.25, 0.3) is 0 Å². The first-order valence-electron chi connectivity index (χ1n) is 26.8. The number of esters is 1. The Morgan fingerprint density at radius 3 is 1.18 bits per heavy atom. The van der Waals surface area contributed by atoms with Gasteiger partial charge in [0.25, 0.3) is 0 Å². The Morgan fingerprint density at radius 1 is 0.473 bits per heavy atom. The second kappa shape index (κ2) is 32.2. The molecule has 0 aromatic carbocycles. The summed E-state index contributed by atoms with van der Waals surface area (Å²) in [5.74, 6) is -9.02. The fraction of sp³-hybridized carbons (Fsp3) is 0.815. The van der Waals surface area contributed by atoms with E-state index in [0.29, 0.717) is 32.1 Å². The Bertz CT molecular complexity index is 1900. The first-order valence-corrected chi connectivity index (χ1v) is 26.8. The molecule has 0 radical (unpaired) electrons. The van der Waals surface area contributed by atoms with Crippen molar-refractivity contribution in [2.75, 3.05) is 42.3 Å². The van der Waals surface area contributed by atoms with E-state index in [1.165, 1.54) is 73.8 Å². The standard InChI is InChI=1S/C54H98N8O12/c1-22-32(10)41(56-47(65)38(55-37(15)63)27-28-40(64)74-21)50(68)60(18)44(34(12)24-3)48(66)57-42(33(11)23-2)49(67)59(17)43(31(8)9)51(69)61(19)46(36(14)26-5)53(71)62(20)45(35(13)25-4)52(70)58(16)39(54(72)73)29-30(6)7/h30-36,38-39,41-46H,22-29H2,1-21H3,(H,55,63)(H,56,65)(H,57,66)(H,72,73)/t32-,33-,34-,35-,36-,38-,39-,41-,42-,43-,44-,45-,46-/m0/s1. The third-order valence-corrected chi connectivity index (χ3v) is 15.2. The van der Waals surface area contributed by atoms with Gasteiger partial charge in [0.05, 0.1) is 7.11 Å². The average Bonchev–Trinajstić information content (AvgIpc) is 3.35. The van der Waals surface area contributed by atoms with Crippen molar-refractivity contribution in [3.63, 3.8) is 0 Å². The number of carboxylic acid groups (broad SMARTS) is 1. The molecule has 74 heavy (non-hydrogen) atoms. The molecule has 0 aliphatic rings. The summed E-state index contributed by atoms with van der Waals surface area (Å²) in [4.78, 5) is 145. The van der Waals surface area contributed by atoms with Crippen LogP contribution in [-0.2, 0) is 52.7 Å². The predicted octanol–water partition coefficient (Wildman–Crippen LogP) is 4.57. The topological polar surface area (TPSA) is 252 Å². The van der Waals surface area contributed by atoms with Crippen molar-refractivity contribution in [1.29, 1.82) is 0 Å². The number of ether oxygens (including phenoxy) is 1. The first-order chi connectivity index (χ1) is 34.3. The number of carboxylic acids is 1. The largest absolute Gasteiger partial charge is 0.480 e. The molecule has 0 unspecified atom stereocenters. The molecule has 0 saturated carbocycles. The number of nitrogens with one attached hydrogen (secondary N) is 3. The van der Waals surface area contributed by atoms with E-state index in [0.717, 1.165) is 0 Å². The molecule has 0 heterocycles. The van der Waals surface area contributed by atoms with Gasteiger partial charge in [-0.15, -0.1) is 0 Å². The lowest BCUT2D eigenvalue weighted by atomic mass is 9.90. The van der Waals surface area contributed by atoms with Crippen molar-refractivity contribution >= 4 is 59.2 Å². The van der Waals surface area contributed by atoms with E-state index < -0.39 is 137 Å². The summed E-state index contributed by atoms with van der Waals surface area (Å²) < 4.78 is 4.71. The summed E-state index contributed by atoms with van der Waals surface area (Å²) >= 11 is 0. The SMILES string of the molecule is CC[C@H](C)[C@H](NC(=O)[C@H]([C@@H](C)CC)N(C)C(=O)[C@@H](NC(=O)[C@H](CCC(=O)OC)NC(C)=O)[C@@H](C)CC)C(=O)N(C)[C@H](C(=O)N(C)[C@H](C(=O)N(C)[C@H](C(=O)N(C)[C@@H](CC(C)C)C(=O)O)[C@@H](C)CC)[C@@H](C)CC)C(C)C. The summed E-state index contributed by atoms with van der Waals surface area (Å²) in [6.45, 7) is 26.8. The van der Waals surface area contributed by atoms with E-state index in [4.69, 9.17) is 4.74 Å². The molecule has 426 valence electrons.